The number of thiophene rings is 1. The van der Waals surface area contributed by atoms with Crippen molar-refractivity contribution in [2.24, 2.45) is 7.05 Å². The molecule has 0 bridgehead atoms. The van der Waals surface area contributed by atoms with Gasteiger partial charge in [0.05, 0.1) is 6.04 Å². The predicted molar refractivity (Wildman–Crippen MR) is 120 cm³/mol. The summed E-state index contributed by atoms with van der Waals surface area (Å²) >= 11 is 3.59. The summed E-state index contributed by atoms with van der Waals surface area (Å²) in [7, 11) is 1.86. The quantitative estimate of drug-likeness (QED) is 0.605. The maximum Gasteiger partial charge on any atom is 0.271 e. The van der Waals surface area contributed by atoms with E-state index in [-0.39, 0.29) is 11.9 Å². The normalized spacial score (nSPS) is 15.1. The largest absolute Gasteiger partial charge is 0.349 e. The molecule has 1 N–H and O–H groups in total. The highest BCUT2D eigenvalue weighted by Gasteiger charge is 2.26. The number of fused-ring (bicyclic) bond motifs is 1. The first-order chi connectivity index (χ1) is 14.0. The van der Waals surface area contributed by atoms with E-state index in [4.69, 9.17) is 0 Å². The first-order valence-corrected chi connectivity index (χ1v) is 11.9. The van der Waals surface area contributed by atoms with Gasteiger partial charge in [-0.3, -0.25) is 14.4 Å². The van der Waals surface area contributed by atoms with Crippen molar-refractivity contribution in [2.45, 2.75) is 30.8 Å². The van der Waals surface area contributed by atoms with Crippen LogP contribution in [0.3, 0.4) is 0 Å². The number of carbonyl (C=O) groups excluding carboxylic acids is 1. The van der Waals surface area contributed by atoms with Crippen molar-refractivity contribution < 1.29 is 4.79 Å². The van der Waals surface area contributed by atoms with Crippen LogP contribution in [0.15, 0.2) is 46.7 Å². The molecule has 4 rings (SSSR count). The van der Waals surface area contributed by atoms with Gasteiger partial charge in [-0.15, -0.1) is 23.1 Å². The first-order valence-electron chi connectivity index (χ1n) is 9.77. The third-order valence-corrected chi connectivity index (χ3v) is 7.35. The van der Waals surface area contributed by atoms with Gasteiger partial charge in [-0.05, 0) is 60.4 Å². The van der Waals surface area contributed by atoms with Crippen LogP contribution in [0.4, 0.5) is 0 Å². The smallest absolute Gasteiger partial charge is 0.271 e. The third-order valence-electron chi connectivity index (χ3n) is 5.58. The molecule has 0 saturated carbocycles. The Bertz CT molecular complexity index is 973. The number of amides is 1. The fourth-order valence-corrected chi connectivity index (χ4v) is 5.07. The summed E-state index contributed by atoms with van der Waals surface area (Å²) in [6, 6.07) is 12.9. The third kappa shape index (κ3) is 4.42. The van der Waals surface area contributed by atoms with Crippen LogP contribution >= 0.6 is 23.1 Å². The van der Waals surface area contributed by atoms with E-state index in [1.807, 2.05) is 31.4 Å². The lowest BCUT2D eigenvalue weighted by Crippen LogP contribution is -2.40. The lowest BCUT2D eigenvalue weighted by Gasteiger charge is -2.35. The van der Waals surface area contributed by atoms with Crippen LogP contribution in [0.5, 0.6) is 0 Å². The maximum atomic E-state index is 12.7. The Morgan fingerprint density at radius 2 is 2.10 bits per heavy atom. The highest BCUT2D eigenvalue weighted by molar-refractivity contribution is 7.98. The molecule has 0 aliphatic carbocycles. The second-order valence-electron chi connectivity index (χ2n) is 7.38. The molecule has 0 saturated heterocycles. The molecule has 0 fully saturated rings. The summed E-state index contributed by atoms with van der Waals surface area (Å²) in [5, 5.41) is 9.61. The highest BCUT2D eigenvalue weighted by Crippen LogP contribution is 2.31. The van der Waals surface area contributed by atoms with E-state index < -0.39 is 0 Å². The van der Waals surface area contributed by atoms with Gasteiger partial charge in [0, 0.05) is 42.1 Å². The van der Waals surface area contributed by atoms with Crippen LogP contribution in [-0.4, -0.2) is 39.9 Å². The van der Waals surface area contributed by atoms with Crippen molar-refractivity contribution in [1.82, 2.24) is 20.0 Å². The minimum atomic E-state index is -0.118. The standard InChI is InChI=1S/C22H26N4OS2/c1-15-12-19(24-25(15)2)22(27)23-13-20(16-4-6-18(28-3)7-5-16)26-10-8-21-17(14-26)9-11-29-21/h4-7,9,11-12,20H,8,10,13-14H2,1-3H3,(H,23,27). The molecule has 1 aliphatic rings. The van der Waals surface area contributed by atoms with Gasteiger partial charge in [0.1, 0.15) is 5.69 Å². The van der Waals surface area contributed by atoms with Crippen molar-refractivity contribution in [3.63, 3.8) is 0 Å². The Hall–Kier alpha value is -2.09. The van der Waals surface area contributed by atoms with Crippen LogP contribution in [0.2, 0.25) is 0 Å². The van der Waals surface area contributed by atoms with Crippen molar-refractivity contribution in [3.8, 4) is 0 Å². The number of nitrogens with one attached hydrogen (secondary N) is 1. The lowest BCUT2D eigenvalue weighted by molar-refractivity contribution is 0.0922. The minimum absolute atomic E-state index is 0.118. The number of aromatic nitrogens is 2. The number of rotatable bonds is 6. The van der Waals surface area contributed by atoms with Crippen molar-refractivity contribution in [3.05, 3.63) is 69.2 Å². The Balaban J connectivity index is 1.53. The topological polar surface area (TPSA) is 50.2 Å². The van der Waals surface area contributed by atoms with E-state index in [1.54, 1.807) is 16.4 Å². The maximum absolute atomic E-state index is 12.7. The number of hydrogen-bond donors (Lipinski definition) is 1. The number of carbonyl (C=O) groups is 1. The molecular weight excluding hydrogens is 400 g/mol. The summed E-state index contributed by atoms with van der Waals surface area (Å²) < 4.78 is 1.73. The van der Waals surface area contributed by atoms with Gasteiger partial charge in [0.25, 0.3) is 5.91 Å². The second-order valence-corrected chi connectivity index (χ2v) is 9.26. The van der Waals surface area contributed by atoms with Crippen LogP contribution in [0.25, 0.3) is 0 Å². The van der Waals surface area contributed by atoms with Gasteiger partial charge in [-0.2, -0.15) is 5.10 Å². The van der Waals surface area contributed by atoms with E-state index in [9.17, 15) is 4.79 Å². The predicted octanol–water partition coefficient (Wildman–Crippen LogP) is 4.04. The summed E-state index contributed by atoms with van der Waals surface area (Å²) in [6.07, 6.45) is 3.16. The monoisotopic (exact) mass is 426 g/mol. The molecule has 2 aromatic heterocycles. The second kappa shape index (κ2) is 8.73. The van der Waals surface area contributed by atoms with Crippen molar-refractivity contribution >= 4 is 29.0 Å². The van der Waals surface area contributed by atoms with E-state index in [1.165, 1.54) is 20.9 Å². The number of nitrogens with zero attached hydrogens (tertiary/aromatic N) is 3. The van der Waals surface area contributed by atoms with Gasteiger partial charge < -0.3 is 5.32 Å². The zero-order valence-electron chi connectivity index (χ0n) is 17.0. The molecule has 1 aliphatic heterocycles. The summed E-state index contributed by atoms with van der Waals surface area (Å²) in [6.45, 7) is 4.44. The number of hydrogen-bond acceptors (Lipinski definition) is 5. The molecule has 1 amide bonds. The molecule has 0 spiro atoms. The Labute approximate surface area is 180 Å². The fraction of sp³-hybridized carbons (Fsp3) is 0.364. The average Bonchev–Trinajstić information content (AvgIpc) is 3.34. The molecule has 1 atom stereocenters. The molecule has 3 aromatic rings. The van der Waals surface area contributed by atoms with Crippen LogP contribution in [0, 0.1) is 6.92 Å². The molecular formula is C22H26N4OS2. The summed E-state index contributed by atoms with van der Waals surface area (Å²) in [5.74, 6) is -0.118. The molecule has 5 nitrogen and oxygen atoms in total. The van der Waals surface area contributed by atoms with E-state index >= 15 is 0 Å². The summed E-state index contributed by atoms with van der Waals surface area (Å²) in [4.78, 5) is 17.9. The van der Waals surface area contributed by atoms with E-state index in [2.05, 4.69) is 57.3 Å². The molecule has 1 unspecified atom stereocenters. The van der Waals surface area contributed by atoms with E-state index in [0.29, 0.717) is 12.2 Å². The van der Waals surface area contributed by atoms with Crippen LogP contribution in [-0.2, 0) is 20.0 Å². The highest BCUT2D eigenvalue weighted by atomic mass is 32.2. The Kier molecular flexibility index (Phi) is 6.08. The average molecular weight is 427 g/mol. The van der Waals surface area contributed by atoms with Gasteiger partial charge in [0.15, 0.2) is 0 Å². The molecule has 152 valence electrons. The van der Waals surface area contributed by atoms with Crippen LogP contribution < -0.4 is 5.32 Å². The van der Waals surface area contributed by atoms with Crippen molar-refractivity contribution in [1.29, 1.82) is 0 Å². The van der Waals surface area contributed by atoms with Crippen LogP contribution in [0.1, 0.15) is 38.2 Å². The van der Waals surface area contributed by atoms with Gasteiger partial charge >= 0.3 is 0 Å². The van der Waals surface area contributed by atoms with E-state index in [0.717, 1.165) is 25.2 Å². The zero-order chi connectivity index (χ0) is 20.4. The molecule has 1 aromatic carbocycles. The Morgan fingerprint density at radius 1 is 1.31 bits per heavy atom. The van der Waals surface area contributed by atoms with Gasteiger partial charge in [-0.25, -0.2) is 0 Å². The SMILES string of the molecule is CSc1ccc(C(CNC(=O)c2cc(C)n(C)n2)N2CCc3sccc3C2)cc1. The molecule has 7 heteroatoms. The minimum Gasteiger partial charge on any atom is -0.349 e. The first kappa shape index (κ1) is 20.2. The van der Waals surface area contributed by atoms with Crippen molar-refractivity contribution in [2.75, 3.05) is 19.3 Å². The Morgan fingerprint density at radius 3 is 2.79 bits per heavy atom. The van der Waals surface area contributed by atoms with Gasteiger partial charge in [0.2, 0.25) is 0 Å². The number of thioether (sulfide) groups is 1. The number of benzene rings is 1. The van der Waals surface area contributed by atoms with Gasteiger partial charge in [-0.1, -0.05) is 12.1 Å². The fourth-order valence-electron chi connectivity index (χ4n) is 3.77. The summed E-state index contributed by atoms with van der Waals surface area (Å²) in [5.41, 5.74) is 4.10. The lowest BCUT2D eigenvalue weighted by atomic mass is 10.0. The molecule has 0 radical (unpaired) electrons. The zero-order valence-corrected chi connectivity index (χ0v) is 18.6. The molecule has 3 heterocycles. The molecule has 29 heavy (non-hydrogen) atoms. The number of aryl methyl sites for hydroxylation is 2.